The van der Waals surface area contributed by atoms with E-state index in [9.17, 15) is 0 Å². The number of piperazine rings is 1. The molecule has 0 radical (unpaired) electrons. The summed E-state index contributed by atoms with van der Waals surface area (Å²) in [6, 6.07) is 4.39. The summed E-state index contributed by atoms with van der Waals surface area (Å²) in [5, 5.41) is 2.17. The summed E-state index contributed by atoms with van der Waals surface area (Å²) in [5.74, 6) is 0. The molecule has 0 saturated carbocycles. The minimum Gasteiger partial charge on any atom is -0.301 e. The molecule has 1 saturated heterocycles. The van der Waals surface area contributed by atoms with Gasteiger partial charge in [0.05, 0.1) is 0 Å². The first-order valence-electron chi connectivity index (χ1n) is 6.35. The number of hydrogen-bond acceptors (Lipinski definition) is 3. The van der Waals surface area contributed by atoms with Crippen molar-refractivity contribution >= 4 is 11.3 Å². The molecule has 1 fully saturated rings. The SMILES string of the molecule is CCCCN1CCN(Cc2cccs2)CC1. The Balaban J connectivity index is 1.69. The molecule has 0 spiro atoms. The molecule has 0 N–H and O–H groups in total. The average molecular weight is 238 g/mol. The Bertz CT molecular complexity index is 276. The first-order valence-corrected chi connectivity index (χ1v) is 7.23. The number of nitrogens with zero attached hydrogens (tertiary/aromatic N) is 2. The highest BCUT2D eigenvalue weighted by atomic mass is 32.1. The molecular weight excluding hydrogens is 216 g/mol. The van der Waals surface area contributed by atoms with Gasteiger partial charge in [0.15, 0.2) is 0 Å². The highest BCUT2D eigenvalue weighted by molar-refractivity contribution is 7.09. The smallest absolute Gasteiger partial charge is 0.0328 e. The number of thiophene rings is 1. The molecule has 1 aromatic rings. The van der Waals surface area contributed by atoms with Crippen LogP contribution < -0.4 is 0 Å². The molecule has 16 heavy (non-hydrogen) atoms. The lowest BCUT2D eigenvalue weighted by molar-refractivity contribution is 0.127. The van der Waals surface area contributed by atoms with Crippen LogP contribution in [0.1, 0.15) is 24.6 Å². The molecule has 0 amide bonds. The first-order chi connectivity index (χ1) is 7.88. The third-order valence-electron chi connectivity index (χ3n) is 3.25. The fourth-order valence-corrected chi connectivity index (χ4v) is 2.92. The molecule has 0 aliphatic carbocycles. The lowest BCUT2D eigenvalue weighted by Crippen LogP contribution is -2.45. The van der Waals surface area contributed by atoms with Gasteiger partial charge in [0.2, 0.25) is 0 Å². The molecule has 1 aliphatic rings. The van der Waals surface area contributed by atoms with Crippen molar-refractivity contribution in [1.82, 2.24) is 9.80 Å². The Hall–Kier alpha value is -0.380. The molecule has 0 bridgehead atoms. The maximum Gasteiger partial charge on any atom is 0.0328 e. The molecular formula is C13H22N2S. The Morgan fingerprint density at radius 2 is 1.94 bits per heavy atom. The molecule has 2 heterocycles. The van der Waals surface area contributed by atoms with Gasteiger partial charge in [-0.15, -0.1) is 11.3 Å². The Morgan fingerprint density at radius 3 is 2.56 bits per heavy atom. The van der Waals surface area contributed by atoms with Crippen molar-refractivity contribution in [3.05, 3.63) is 22.4 Å². The van der Waals surface area contributed by atoms with E-state index in [-0.39, 0.29) is 0 Å². The predicted octanol–water partition coefficient (Wildman–Crippen LogP) is 2.67. The van der Waals surface area contributed by atoms with Gasteiger partial charge in [0.25, 0.3) is 0 Å². The van der Waals surface area contributed by atoms with Crippen LogP contribution in [0.2, 0.25) is 0 Å². The van der Waals surface area contributed by atoms with Gasteiger partial charge < -0.3 is 4.90 Å². The van der Waals surface area contributed by atoms with Gasteiger partial charge in [0, 0.05) is 37.6 Å². The van der Waals surface area contributed by atoms with E-state index < -0.39 is 0 Å². The first kappa shape index (κ1) is 12.1. The minimum absolute atomic E-state index is 1.15. The van der Waals surface area contributed by atoms with Crippen LogP contribution in [0.3, 0.4) is 0 Å². The second-order valence-electron chi connectivity index (χ2n) is 4.55. The largest absolute Gasteiger partial charge is 0.301 e. The third-order valence-corrected chi connectivity index (χ3v) is 4.11. The van der Waals surface area contributed by atoms with Crippen molar-refractivity contribution in [3.8, 4) is 0 Å². The molecule has 1 aromatic heterocycles. The van der Waals surface area contributed by atoms with Gasteiger partial charge in [-0.1, -0.05) is 19.4 Å². The van der Waals surface area contributed by atoms with E-state index >= 15 is 0 Å². The van der Waals surface area contributed by atoms with Gasteiger partial charge >= 0.3 is 0 Å². The quantitative estimate of drug-likeness (QED) is 0.778. The lowest BCUT2D eigenvalue weighted by atomic mass is 10.2. The Kier molecular flexibility index (Phi) is 4.82. The van der Waals surface area contributed by atoms with E-state index in [0.29, 0.717) is 0 Å². The zero-order valence-corrected chi connectivity index (χ0v) is 11.0. The summed E-state index contributed by atoms with van der Waals surface area (Å²) in [6.45, 7) is 9.70. The van der Waals surface area contributed by atoms with E-state index in [1.165, 1.54) is 50.4 Å². The van der Waals surface area contributed by atoms with Gasteiger partial charge in [0.1, 0.15) is 0 Å². The number of rotatable bonds is 5. The van der Waals surface area contributed by atoms with Crippen LogP contribution in [0.5, 0.6) is 0 Å². The molecule has 90 valence electrons. The summed E-state index contributed by atoms with van der Waals surface area (Å²) in [6.07, 6.45) is 2.67. The molecule has 2 nitrogen and oxygen atoms in total. The highest BCUT2D eigenvalue weighted by Crippen LogP contribution is 2.13. The van der Waals surface area contributed by atoms with E-state index in [1.54, 1.807) is 0 Å². The van der Waals surface area contributed by atoms with E-state index in [2.05, 4.69) is 34.2 Å². The van der Waals surface area contributed by atoms with Crippen molar-refractivity contribution in [2.24, 2.45) is 0 Å². The minimum atomic E-state index is 1.15. The van der Waals surface area contributed by atoms with Crippen molar-refractivity contribution in [2.75, 3.05) is 32.7 Å². The zero-order valence-electron chi connectivity index (χ0n) is 10.2. The molecule has 3 heteroatoms. The fraction of sp³-hybridized carbons (Fsp3) is 0.692. The Labute approximate surface area is 103 Å². The Morgan fingerprint density at radius 1 is 1.19 bits per heavy atom. The molecule has 0 unspecified atom stereocenters. The average Bonchev–Trinajstić information content (AvgIpc) is 2.81. The highest BCUT2D eigenvalue weighted by Gasteiger charge is 2.16. The van der Waals surface area contributed by atoms with Crippen molar-refractivity contribution < 1.29 is 0 Å². The topological polar surface area (TPSA) is 6.48 Å². The summed E-state index contributed by atoms with van der Waals surface area (Å²) in [4.78, 5) is 6.69. The van der Waals surface area contributed by atoms with E-state index in [1.807, 2.05) is 11.3 Å². The molecule has 0 aromatic carbocycles. The van der Waals surface area contributed by atoms with Crippen LogP contribution in [0.15, 0.2) is 17.5 Å². The number of hydrogen-bond donors (Lipinski definition) is 0. The zero-order chi connectivity index (χ0) is 11.2. The van der Waals surface area contributed by atoms with Crippen LogP contribution in [0.25, 0.3) is 0 Å². The third kappa shape index (κ3) is 3.58. The van der Waals surface area contributed by atoms with Crippen LogP contribution >= 0.6 is 11.3 Å². The summed E-state index contributed by atoms with van der Waals surface area (Å²) in [5.41, 5.74) is 0. The van der Waals surface area contributed by atoms with Crippen LogP contribution in [-0.4, -0.2) is 42.5 Å². The summed E-state index contributed by atoms with van der Waals surface area (Å²) in [7, 11) is 0. The van der Waals surface area contributed by atoms with Crippen LogP contribution in [-0.2, 0) is 6.54 Å². The number of unbranched alkanes of at least 4 members (excludes halogenated alkanes) is 1. The van der Waals surface area contributed by atoms with Crippen LogP contribution in [0.4, 0.5) is 0 Å². The second kappa shape index (κ2) is 6.38. The maximum atomic E-state index is 2.61. The molecule has 0 atom stereocenters. The van der Waals surface area contributed by atoms with Crippen molar-refractivity contribution in [2.45, 2.75) is 26.3 Å². The normalized spacial score (nSPS) is 19.1. The van der Waals surface area contributed by atoms with E-state index in [0.717, 1.165) is 6.54 Å². The second-order valence-corrected chi connectivity index (χ2v) is 5.58. The van der Waals surface area contributed by atoms with E-state index in [4.69, 9.17) is 0 Å². The maximum absolute atomic E-state index is 2.61. The van der Waals surface area contributed by atoms with Gasteiger partial charge in [-0.25, -0.2) is 0 Å². The summed E-state index contributed by atoms with van der Waals surface area (Å²) >= 11 is 1.88. The van der Waals surface area contributed by atoms with Crippen molar-refractivity contribution in [1.29, 1.82) is 0 Å². The van der Waals surface area contributed by atoms with Gasteiger partial charge in [-0.05, 0) is 24.4 Å². The van der Waals surface area contributed by atoms with Crippen LogP contribution in [0, 0.1) is 0 Å². The molecule has 2 rings (SSSR count). The fourth-order valence-electron chi connectivity index (χ4n) is 2.18. The lowest BCUT2D eigenvalue weighted by Gasteiger charge is -2.34. The molecule has 1 aliphatic heterocycles. The van der Waals surface area contributed by atoms with Crippen molar-refractivity contribution in [3.63, 3.8) is 0 Å². The predicted molar refractivity (Wildman–Crippen MR) is 70.9 cm³/mol. The van der Waals surface area contributed by atoms with Gasteiger partial charge in [-0.2, -0.15) is 0 Å². The summed E-state index contributed by atoms with van der Waals surface area (Å²) < 4.78 is 0. The standard InChI is InChI=1S/C13H22N2S/c1-2-3-6-14-7-9-15(10-8-14)12-13-5-4-11-16-13/h4-5,11H,2-3,6-10,12H2,1H3. The monoisotopic (exact) mass is 238 g/mol. The van der Waals surface area contributed by atoms with Gasteiger partial charge in [-0.3, -0.25) is 4.90 Å².